The molecule has 1 aromatic carbocycles. The van der Waals surface area contributed by atoms with Crippen molar-refractivity contribution in [1.29, 1.82) is 0 Å². The van der Waals surface area contributed by atoms with Crippen LogP contribution in [-0.4, -0.2) is 47.8 Å². The highest BCUT2D eigenvalue weighted by Crippen LogP contribution is 2.47. The van der Waals surface area contributed by atoms with Crippen LogP contribution in [0.15, 0.2) is 18.3 Å². The summed E-state index contributed by atoms with van der Waals surface area (Å²) in [6, 6.07) is 3.77. The molecule has 0 saturated heterocycles. The number of fused-ring (bicyclic) bond motifs is 3. The minimum atomic E-state index is -0.769. The van der Waals surface area contributed by atoms with Crippen molar-refractivity contribution in [2.75, 3.05) is 29.2 Å². The Morgan fingerprint density at radius 2 is 2.08 bits per heavy atom. The van der Waals surface area contributed by atoms with Crippen LogP contribution in [0.1, 0.15) is 44.6 Å². The first kappa shape index (κ1) is 24.4. The SMILES string of the molecule is CCN1C(=O)CCCc2cc(Nc3ncc(Cl)c(NC4C5CCC(C5)C4OC(N)=O)n3)c(OC)cc21. The van der Waals surface area contributed by atoms with Crippen LogP contribution in [0.25, 0.3) is 0 Å². The van der Waals surface area contributed by atoms with Crippen LogP contribution >= 0.6 is 11.6 Å². The number of halogens is 1. The molecular formula is C25H31ClN6O4. The van der Waals surface area contributed by atoms with Gasteiger partial charge in [0.1, 0.15) is 16.9 Å². The number of amides is 2. The molecule has 0 spiro atoms. The molecule has 2 saturated carbocycles. The molecule has 1 aliphatic heterocycles. The number of rotatable bonds is 7. The zero-order valence-corrected chi connectivity index (χ0v) is 21.2. The van der Waals surface area contributed by atoms with Gasteiger partial charge in [0.15, 0.2) is 5.82 Å². The van der Waals surface area contributed by atoms with Crippen LogP contribution in [-0.2, 0) is 16.0 Å². The number of nitrogens with one attached hydrogen (secondary N) is 2. The molecule has 0 radical (unpaired) electrons. The zero-order chi connectivity index (χ0) is 25.4. The Kier molecular flexibility index (Phi) is 6.79. The van der Waals surface area contributed by atoms with Crippen LogP contribution in [0.5, 0.6) is 5.75 Å². The van der Waals surface area contributed by atoms with Crippen molar-refractivity contribution in [2.45, 2.75) is 57.6 Å². The molecule has 4 unspecified atom stereocenters. The number of aryl methyl sites for hydroxylation is 1. The van der Waals surface area contributed by atoms with E-state index in [4.69, 9.17) is 26.8 Å². The topological polar surface area (TPSA) is 132 Å². The Bertz CT molecular complexity index is 1180. The van der Waals surface area contributed by atoms with Crippen LogP contribution in [0.2, 0.25) is 5.02 Å². The van der Waals surface area contributed by atoms with E-state index in [2.05, 4.69) is 20.6 Å². The molecule has 2 amide bonds. The van der Waals surface area contributed by atoms with E-state index < -0.39 is 6.09 Å². The van der Waals surface area contributed by atoms with Gasteiger partial charge in [0, 0.05) is 19.0 Å². The number of primary amides is 1. The first-order valence-corrected chi connectivity index (χ1v) is 12.8. The molecule has 2 aromatic rings. The number of carbonyl (C=O) groups is 2. The van der Waals surface area contributed by atoms with Gasteiger partial charge in [0.2, 0.25) is 11.9 Å². The second kappa shape index (κ2) is 10.0. The summed E-state index contributed by atoms with van der Waals surface area (Å²) in [6.07, 6.45) is 5.60. The summed E-state index contributed by atoms with van der Waals surface area (Å²) in [5.74, 6) is 2.15. The number of benzene rings is 1. The van der Waals surface area contributed by atoms with Gasteiger partial charge in [0.25, 0.3) is 0 Å². The number of nitrogens with zero attached hydrogens (tertiary/aromatic N) is 3. The summed E-state index contributed by atoms with van der Waals surface area (Å²) >= 11 is 6.44. The average Bonchev–Trinajstić information content (AvgIpc) is 3.40. The van der Waals surface area contributed by atoms with E-state index >= 15 is 0 Å². The van der Waals surface area contributed by atoms with Crippen LogP contribution in [0.4, 0.5) is 27.9 Å². The molecule has 2 bridgehead atoms. The highest BCUT2D eigenvalue weighted by Gasteiger charge is 2.50. The van der Waals surface area contributed by atoms with Gasteiger partial charge in [-0.25, -0.2) is 9.78 Å². The first-order valence-electron chi connectivity index (χ1n) is 12.4. The minimum absolute atomic E-state index is 0.115. The highest BCUT2D eigenvalue weighted by atomic mass is 35.5. The number of hydrogen-bond donors (Lipinski definition) is 3. The van der Waals surface area contributed by atoms with Crippen molar-refractivity contribution in [3.05, 3.63) is 28.9 Å². The fourth-order valence-electron chi connectivity index (χ4n) is 5.93. The molecule has 2 fully saturated rings. The maximum atomic E-state index is 12.5. The molecule has 192 valence electrons. The monoisotopic (exact) mass is 514 g/mol. The lowest BCUT2D eigenvalue weighted by molar-refractivity contribution is -0.118. The summed E-state index contributed by atoms with van der Waals surface area (Å²) in [6.45, 7) is 2.57. The lowest BCUT2D eigenvalue weighted by Gasteiger charge is -2.31. The standard InChI is InChI=1S/C25H31ClN6O4/c1-3-32-18-11-19(35-2)17(10-13(18)5-4-6-20(32)33)29-25-28-12-16(26)23(31-25)30-21-14-7-8-15(9-14)22(21)36-24(27)34/h10-12,14-15,21-22H,3-9H2,1-2H3,(H2,27,34)(H2,28,29,30,31). The number of anilines is 4. The van der Waals surface area contributed by atoms with Crippen molar-refractivity contribution < 1.29 is 19.1 Å². The fraction of sp³-hybridized carbons (Fsp3) is 0.520. The zero-order valence-electron chi connectivity index (χ0n) is 20.4. The Balaban J connectivity index is 1.41. The summed E-state index contributed by atoms with van der Waals surface area (Å²) < 4.78 is 11.1. The van der Waals surface area contributed by atoms with Crippen molar-refractivity contribution >= 4 is 46.7 Å². The van der Waals surface area contributed by atoms with Crippen LogP contribution in [0, 0.1) is 11.8 Å². The third-order valence-corrected chi connectivity index (χ3v) is 7.81. The third-order valence-electron chi connectivity index (χ3n) is 7.53. The van der Waals surface area contributed by atoms with E-state index in [-0.39, 0.29) is 24.0 Å². The Labute approximate surface area is 214 Å². The number of nitrogens with two attached hydrogens (primary N) is 1. The molecule has 36 heavy (non-hydrogen) atoms. The van der Waals surface area contributed by atoms with Gasteiger partial charge >= 0.3 is 6.09 Å². The minimum Gasteiger partial charge on any atom is -0.494 e. The first-order chi connectivity index (χ1) is 17.4. The molecule has 10 nitrogen and oxygen atoms in total. The summed E-state index contributed by atoms with van der Waals surface area (Å²) in [4.78, 5) is 34.8. The molecule has 4 N–H and O–H groups in total. The lowest BCUT2D eigenvalue weighted by Crippen LogP contribution is -2.43. The normalized spacial score (nSPS) is 24.8. The lowest BCUT2D eigenvalue weighted by atomic mass is 9.92. The molecule has 3 aliphatic rings. The van der Waals surface area contributed by atoms with Crippen LogP contribution in [0.3, 0.4) is 0 Å². The van der Waals surface area contributed by atoms with Gasteiger partial charge in [-0.2, -0.15) is 4.98 Å². The number of methoxy groups -OCH3 is 1. The maximum Gasteiger partial charge on any atom is 0.404 e. The van der Waals surface area contributed by atoms with Crippen molar-refractivity contribution in [2.24, 2.45) is 17.6 Å². The maximum absolute atomic E-state index is 12.5. The molecule has 4 atom stereocenters. The second-order valence-electron chi connectivity index (χ2n) is 9.59. The highest BCUT2D eigenvalue weighted by molar-refractivity contribution is 6.32. The predicted octanol–water partition coefficient (Wildman–Crippen LogP) is 4.25. The van der Waals surface area contributed by atoms with Gasteiger partial charge in [-0.15, -0.1) is 0 Å². The van der Waals surface area contributed by atoms with Gasteiger partial charge in [0.05, 0.1) is 30.7 Å². The molecule has 5 rings (SSSR count). The Morgan fingerprint density at radius 1 is 1.28 bits per heavy atom. The quantitative estimate of drug-likeness (QED) is 0.499. The van der Waals surface area contributed by atoms with E-state index in [1.807, 2.05) is 19.1 Å². The van der Waals surface area contributed by atoms with E-state index in [0.29, 0.717) is 47.1 Å². The van der Waals surface area contributed by atoms with Gasteiger partial charge in [-0.3, -0.25) is 4.79 Å². The largest absolute Gasteiger partial charge is 0.494 e. The molecular weight excluding hydrogens is 484 g/mol. The Hall–Kier alpha value is -3.27. The molecule has 11 heteroatoms. The van der Waals surface area contributed by atoms with E-state index in [1.54, 1.807) is 12.0 Å². The number of ether oxygens (including phenoxy) is 2. The second-order valence-corrected chi connectivity index (χ2v) is 10.00. The Morgan fingerprint density at radius 3 is 2.83 bits per heavy atom. The number of aromatic nitrogens is 2. The van der Waals surface area contributed by atoms with Gasteiger partial charge < -0.3 is 30.7 Å². The van der Waals surface area contributed by atoms with Gasteiger partial charge in [-0.1, -0.05) is 11.6 Å². The van der Waals surface area contributed by atoms with E-state index in [9.17, 15) is 9.59 Å². The van der Waals surface area contributed by atoms with Crippen molar-refractivity contribution in [3.63, 3.8) is 0 Å². The van der Waals surface area contributed by atoms with Gasteiger partial charge in [-0.05, 0) is 62.5 Å². The van der Waals surface area contributed by atoms with Crippen molar-refractivity contribution in [3.8, 4) is 5.75 Å². The molecule has 1 aromatic heterocycles. The molecule has 2 aliphatic carbocycles. The summed E-state index contributed by atoms with van der Waals surface area (Å²) in [5, 5.41) is 7.02. The smallest absolute Gasteiger partial charge is 0.404 e. The number of hydrogen-bond acceptors (Lipinski definition) is 8. The van der Waals surface area contributed by atoms with Crippen LogP contribution < -0.4 is 26.0 Å². The van der Waals surface area contributed by atoms with Crippen molar-refractivity contribution in [1.82, 2.24) is 9.97 Å². The third kappa shape index (κ3) is 4.61. The van der Waals surface area contributed by atoms with E-state index in [0.717, 1.165) is 43.4 Å². The fourth-order valence-corrected chi connectivity index (χ4v) is 6.07. The molecule has 2 heterocycles. The summed E-state index contributed by atoms with van der Waals surface area (Å²) in [7, 11) is 1.59. The summed E-state index contributed by atoms with van der Waals surface area (Å²) in [5.41, 5.74) is 7.96. The van der Waals surface area contributed by atoms with E-state index in [1.165, 1.54) is 6.20 Å². The number of carbonyl (C=O) groups excluding carboxylic acids is 2. The predicted molar refractivity (Wildman–Crippen MR) is 137 cm³/mol. The average molecular weight is 515 g/mol.